The lowest BCUT2D eigenvalue weighted by Crippen LogP contribution is -2.42. The second-order valence-electron chi connectivity index (χ2n) is 7.68. The van der Waals surface area contributed by atoms with Crippen LogP contribution in [0.25, 0.3) is 0 Å². The van der Waals surface area contributed by atoms with Crippen molar-refractivity contribution >= 4 is 5.91 Å². The van der Waals surface area contributed by atoms with Crippen LogP contribution in [0.1, 0.15) is 52.9 Å². The number of hydrogen-bond acceptors (Lipinski definition) is 3. The Morgan fingerprint density at radius 3 is 2.75 bits per heavy atom. The molecule has 0 spiro atoms. The van der Waals surface area contributed by atoms with Crippen molar-refractivity contribution in [3.8, 4) is 6.07 Å². The standard InChI is InChI=1S/C16H26N2O2/c1-12-8-13(10-15(2,3)9-12)14(19)18-7-5-16(20,11-18)4-6-17/h12-13,20H,4-5,7-11H2,1-3H3. The topological polar surface area (TPSA) is 64.3 Å². The van der Waals surface area contributed by atoms with Crippen molar-refractivity contribution in [3.63, 3.8) is 0 Å². The Kier molecular flexibility index (Phi) is 4.11. The first-order valence-corrected chi connectivity index (χ1v) is 7.63. The van der Waals surface area contributed by atoms with Gasteiger partial charge in [0.15, 0.2) is 0 Å². The highest BCUT2D eigenvalue weighted by atomic mass is 16.3. The molecule has 1 heterocycles. The fourth-order valence-electron chi connectivity index (χ4n) is 4.13. The smallest absolute Gasteiger partial charge is 0.225 e. The average Bonchev–Trinajstić information content (AvgIpc) is 2.68. The van der Waals surface area contributed by atoms with Crippen molar-refractivity contribution in [2.24, 2.45) is 17.3 Å². The zero-order valence-electron chi connectivity index (χ0n) is 12.9. The number of β-amino-alcohol motifs (C(OH)–C–C–N with tert-alkyl or cyclic N) is 1. The zero-order chi connectivity index (χ0) is 15.0. The summed E-state index contributed by atoms with van der Waals surface area (Å²) >= 11 is 0. The van der Waals surface area contributed by atoms with E-state index in [9.17, 15) is 9.90 Å². The largest absolute Gasteiger partial charge is 0.387 e. The SMILES string of the molecule is CC1CC(C(=O)N2CCC(O)(CC#N)C2)CC(C)(C)C1. The fraction of sp³-hybridized carbons (Fsp3) is 0.875. The molecule has 2 fully saturated rings. The van der Waals surface area contributed by atoms with E-state index in [0.717, 1.165) is 12.8 Å². The molecule has 1 aliphatic carbocycles. The van der Waals surface area contributed by atoms with Gasteiger partial charge in [0.25, 0.3) is 0 Å². The molecule has 1 saturated heterocycles. The van der Waals surface area contributed by atoms with Crippen LogP contribution in [0.4, 0.5) is 0 Å². The number of rotatable bonds is 2. The van der Waals surface area contributed by atoms with Crippen molar-refractivity contribution in [1.29, 1.82) is 5.26 Å². The minimum atomic E-state index is -0.986. The second-order valence-corrected chi connectivity index (χ2v) is 7.68. The number of amides is 1. The maximum atomic E-state index is 12.7. The molecule has 20 heavy (non-hydrogen) atoms. The molecule has 0 radical (unpaired) electrons. The molecule has 1 saturated carbocycles. The highest BCUT2D eigenvalue weighted by Gasteiger charge is 2.42. The van der Waals surface area contributed by atoms with Gasteiger partial charge < -0.3 is 10.0 Å². The maximum absolute atomic E-state index is 12.7. The summed E-state index contributed by atoms with van der Waals surface area (Å²) < 4.78 is 0. The van der Waals surface area contributed by atoms with Gasteiger partial charge in [-0.25, -0.2) is 0 Å². The Hall–Kier alpha value is -1.08. The number of hydrogen-bond donors (Lipinski definition) is 1. The molecule has 0 aromatic heterocycles. The molecule has 2 aliphatic rings. The van der Waals surface area contributed by atoms with Gasteiger partial charge >= 0.3 is 0 Å². The number of nitriles is 1. The van der Waals surface area contributed by atoms with Crippen LogP contribution >= 0.6 is 0 Å². The zero-order valence-corrected chi connectivity index (χ0v) is 12.9. The van der Waals surface area contributed by atoms with Gasteiger partial charge in [0.1, 0.15) is 0 Å². The highest BCUT2D eigenvalue weighted by Crippen LogP contribution is 2.42. The molecular formula is C16H26N2O2. The third kappa shape index (κ3) is 3.32. The van der Waals surface area contributed by atoms with E-state index >= 15 is 0 Å². The monoisotopic (exact) mass is 278 g/mol. The Balaban J connectivity index is 2.00. The molecule has 4 nitrogen and oxygen atoms in total. The predicted molar refractivity (Wildman–Crippen MR) is 76.7 cm³/mol. The van der Waals surface area contributed by atoms with Crippen molar-refractivity contribution in [2.45, 2.75) is 58.5 Å². The first-order valence-electron chi connectivity index (χ1n) is 7.63. The van der Waals surface area contributed by atoms with Crippen LogP contribution in [0.5, 0.6) is 0 Å². The molecule has 1 amide bonds. The molecule has 0 aromatic carbocycles. The van der Waals surface area contributed by atoms with Crippen molar-refractivity contribution in [2.75, 3.05) is 13.1 Å². The van der Waals surface area contributed by atoms with Gasteiger partial charge in [-0.15, -0.1) is 0 Å². The van der Waals surface area contributed by atoms with Gasteiger partial charge in [-0.05, 0) is 37.0 Å². The van der Waals surface area contributed by atoms with E-state index in [4.69, 9.17) is 5.26 Å². The van der Waals surface area contributed by atoms with Gasteiger partial charge in [-0.3, -0.25) is 4.79 Å². The Morgan fingerprint density at radius 2 is 2.15 bits per heavy atom. The quantitative estimate of drug-likeness (QED) is 0.843. The molecule has 0 bridgehead atoms. The molecule has 1 N–H and O–H groups in total. The van der Waals surface area contributed by atoms with E-state index in [2.05, 4.69) is 20.8 Å². The van der Waals surface area contributed by atoms with Gasteiger partial charge in [0.2, 0.25) is 5.91 Å². The van der Waals surface area contributed by atoms with E-state index in [0.29, 0.717) is 25.4 Å². The lowest BCUT2D eigenvalue weighted by molar-refractivity contribution is -0.138. The predicted octanol–water partition coefficient (Wildman–Crippen LogP) is 2.33. The lowest BCUT2D eigenvalue weighted by atomic mass is 9.67. The van der Waals surface area contributed by atoms with Crippen molar-refractivity contribution in [1.82, 2.24) is 4.90 Å². The molecule has 2 rings (SSSR count). The summed E-state index contributed by atoms with van der Waals surface area (Å²) in [4.78, 5) is 14.4. The number of likely N-dealkylation sites (tertiary alicyclic amines) is 1. The highest BCUT2D eigenvalue weighted by molar-refractivity contribution is 5.79. The average molecular weight is 278 g/mol. The summed E-state index contributed by atoms with van der Waals surface area (Å²) in [5.74, 6) is 0.838. The Morgan fingerprint density at radius 1 is 1.45 bits per heavy atom. The molecule has 4 heteroatoms. The first kappa shape index (κ1) is 15.3. The molecule has 0 aromatic rings. The lowest BCUT2D eigenvalue weighted by Gasteiger charge is -2.39. The summed E-state index contributed by atoms with van der Waals surface area (Å²) in [7, 11) is 0. The van der Waals surface area contributed by atoms with E-state index in [1.807, 2.05) is 6.07 Å². The van der Waals surface area contributed by atoms with Crippen molar-refractivity contribution in [3.05, 3.63) is 0 Å². The molecule has 112 valence electrons. The van der Waals surface area contributed by atoms with Crippen molar-refractivity contribution < 1.29 is 9.90 Å². The normalized spacial score (nSPS) is 36.6. The summed E-state index contributed by atoms with van der Waals surface area (Å²) in [6.07, 6.45) is 3.70. The summed E-state index contributed by atoms with van der Waals surface area (Å²) in [5.41, 5.74) is -0.763. The van der Waals surface area contributed by atoms with E-state index < -0.39 is 5.60 Å². The van der Waals surface area contributed by atoms with Crippen LogP contribution in [-0.4, -0.2) is 34.6 Å². The number of carbonyl (C=O) groups is 1. The van der Waals surface area contributed by atoms with Crippen LogP contribution in [0.2, 0.25) is 0 Å². The van der Waals surface area contributed by atoms with Crippen LogP contribution in [0.3, 0.4) is 0 Å². The molecule has 3 unspecified atom stereocenters. The van der Waals surface area contributed by atoms with E-state index in [1.165, 1.54) is 6.42 Å². The molecular weight excluding hydrogens is 252 g/mol. The van der Waals surface area contributed by atoms with Crippen LogP contribution in [0, 0.1) is 28.6 Å². The number of aliphatic hydroxyl groups is 1. The van der Waals surface area contributed by atoms with Gasteiger partial charge in [0, 0.05) is 12.5 Å². The van der Waals surface area contributed by atoms with Crippen LogP contribution < -0.4 is 0 Å². The maximum Gasteiger partial charge on any atom is 0.225 e. The molecule has 1 aliphatic heterocycles. The Bertz CT molecular complexity index is 427. The van der Waals surface area contributed by atoms with Gasteiger partial charge in [0.05, 0.1) is 24.6 Å². The fourth-order valence-corrected chi connectivity index (χ4v) is 4.13. The molecule has 3 atom stereocenters. The minimum Gasteiger partial charge on any atom is -0.387 e. The van der Waals surface area contributed by atoms with Crippen LogP contribution in [0.15, 0.2) is 0 Å². The summed E-state index contributed by atoms with van der Waals surface area (Å²) in [6, 6.07) is 2.02. The van der Waals surface area contributed by atoms with E-state index in [-0.39, 0.29) is 23.7 Å². The summed E-state index contributed by atoms with van der Waals surface area (Å²) in [6.45, 7) is 7.60. The van der Waals surface area contributed by atoms with Gasteiger partial charge in [-0.2, -0.15) is 5.26 Å². The number of nitrogens with zero attached hydrogens (tertiary/aromatic N) is 2. The first-order chi connectivity index (χ1) is 9.25. The second kappa shape index (κ2) is 5.37. The summed E-state index contributed by atoms with van der Waals surface area (Å²) in [5, 5.41) is 19.0. The number of carbonyl (C=O) groups excluding carboxylic acids is 1. The van der Waals surface area contributed by atoms with Crippen LogP contribution in [-0.2, 0) is 4.79 Å². The Labute approximate surface area is 121 Å². The minimum absolute atomic E-state index is 0.0817. The van der Waals surface area contributed by atoms with E-state index in [1.54, 1.807) is 4.90 Å². The van der Waals surface area contributed by atoms with Gasteiger partial charge in [-0.1, -0.05) is 20.8 Å². The third-order valence-corrected chi connectivity index (χ3v) is 4.79. The third-order valence-electron chi connectivity index (χ3n) is 4.79.